The van der Waals surface area contributed by atoms with Crippen LogP contribution < -0.4 is 10.2 Å². The van der Waals surface area contributed by atoms with Crippen LogP contribution in [-0.2, 0) is 11.3 Å². The van der Waals surface area contributed by atoms with Crippen LogP contribution in [0.1, 0.15) is 24.5 Å². The highest BCUT2D eigenvalue weighted by atomic mass is 32.1. The maximum absolute atomic E-state index is 12.1. The maximum atomic E-state index is 12.1. The lowest BCUT2D eigenvalue weighted by Crippen LogP contribution is -2.30. The Bertz CT molecular complexity index is 589. The summed E-state index contributed by atoms with van der Waals surface area (Å²) in [6.45, 7) is 4.19. The van der Waals surface area contributed by atoms with Crippen LogP contribution in [-0.4, -0.2) is 34.5 Å². The molecule has 1 atom stereocenters. The van der Waals surface area contributed by atoms with Crippen LogP contribution >= 0.6 is 11.3 Å². The van der Waals surface area contributed by atoms with Gasteiger partial charge in [0.15, 0.2) is 5.13 Å². The van der Waals surface area contributed by atoms with Crippen molar-refractivity contribution in [3.05, 3.63) is 29.3 Å². The van der Waals surface area contributed by atoms with Crippen molar-refractivity contribution in [1.82, 2.24) is 19.9 Å². The van der Waals surface area contributed by atoms with Crippen molar-refractivity contribution in [1.29, 1.82) is 0 Å². The number of hydrogen-bond acceptors (Lipinski definition) is 5. The fourth-order valence-electron chi connectivity index (χ4n) is 1.83. The smallest absolute Gasteiger partial charge is 0.243 e. The predicted octanol–water partition coefficient (Wildman–Crippen LogP) is 1.59. The van der Waals surface area contributed by atoms with Crippen molar-refractivity contribution in [2.24, 2.45) is 0 Å². The van der Waals surface area contributed by atoms with Gasteiger partial charge in [0.25, 0.3) is 0 Å². The SMILES string of the molecule is Cc1nccn1C(C)C(=O)NCc1csc(N(C)C)n1. The number of amides is 1. The second-order valence-electron chi connectivity index (χ2n) is 4.79. The summed E-state index contributed by atoms with van der Waals surface area (Å²) in [6, 6.07) is -0.274. The topological polar surface area (TPSA) is 63.1 Å². The average molecular weight is 293 g/mol. The molecule has 0 saturated heterocycles. The van der Waals surface area contributed by atoms with E-state index in [4.69, 9.17) is 0 Å². The van der Waals surface area contributed by atoms with Crippen LogP contribution in [0.4, 0.5) is 5.13 Å². The molecule has 0 aromatic carbocycles. The number of nitrogens with one attached hydrogen (secondary N) is 1. The lowest BCUT2D eigenvalue weighted by atomic mass is 10.3. The third-order valence-electron chi connectivity index (χ3n) is 3.02. The van der Waals surface area contributed by atoms with Gasteiger partial charge in [0.2, 0.25) is 5.91 Å². The largest absolute Gasteiger partial charge is 0.354 e. The highest BCUT2D eigenvalue weighted by Gasteiger charge is 2.16. The summed E-state index contributed by atoms with van der Waals surface area (Å²) < 4.78 is 1.85. The van der Waals surface area contributed by atoms with Gasteiger partial charge in [-0.1, -0.05) is 0 Å². The van der Waals surface area contributed by atoms with Crippen molar-refractivity contribution in [2.75, 3.05) is 19.0 Å². The molecule has 1 amide bonds. The van der Waals surface area contributed by atoms with E-state index in [1.165, 1.54) is 0 Å². The Morgan fingerprint density at radius 3 is 2.85 bits per heavy atom. The van der Waals surface area contributed by atoms with E-state index >= 15 is 0 Å². The van der Waals surface area contributed by atoms with E-state index in [0.29, 0.717) is 6.54 Å². The zero-order chi connectivity index (χ0) is 14.7. The molecule has 7 heteroatoms. The van der Waals surface area contributed by atoms with E-state index in [9.17, 15) is 4.79 Å². The zero-order valence-corrected chi connectivity index (χ0v) is 12.9. The fraction of sp³-hybridized carbons (Fsp3) is 0.462. The van der Waals surface area contributed by atoms with Gasteiger partial charge >= 0.3 is 0 Å². The number of rotatable bonds is 5. The molecule has 0 radical (unpaired) electrons. The van der Waals surface area contributed by atoms with Gasteiger partial charge in [0.05, 0.1) is 12.2 Å². The molecule has 20 heavy (non-hydrogen) atoms. The van der Waals surface area contributed by atoms with Crippen molar-refractivity contribution in [3.8, 4) is 0 Å². The number of aromatic nitrogens is 3. The van der Waals surface area contributed by atoms with E-state index in [0.717, 1.165) is 16.6 Å². The number of anilines is 1. The van der Waals surface area contributed by atoms with Gasteiger partial charge in [-0.05, 0) is 13.8 Å². The summed E-state index contributed by atoms with van der Waals surface area (Å²) in [6.07, 6.45) is 3.51. The van der Waals surface area contributed by atoms with Crippen LogP contribution in [0.3, 0.4) is 0 Å². The molecule has 2 heterocycles. The summed E-state index contributed by atoms with van der Waals surface area (Å²) in [7, 11) is 3.90. The van der Waals surface area contributed by atoms with Gasteiger partial charge in [-0.15, -0.1) is 11.3 Å². The van der Waals surface area contributed by atoms with E-state index in [1.54, 1.807) is 17.5 Å². The molecule has 0 aliphatic heterocycles. The number of thiazole rings is 1. The van der Waals surface area contributed by atoms with E-state index in [2.05, 4.69) is 15.3 Å². The molecule has 1 N–H and O–H groups in total. The van der Waals surface area contributed by atoms with Crippen LogP contribution in [0.25, 0.3) is 0 Å². The highest BCUT2D eigenvalue weighted by molar-refractivity contribution is 7.13. The fourth-order valence-corrected chi connectivity index (χ4v) is 2.59. The number of hydrogen-bond donors (Lipinski definition) is 1. The van der Waals surface area contributed by atoms with Gasteiger partial charge < -0.3 is 14.8 Å². The standard InChI is InChI=1S/C13H19N5OS/c1-9(18-6-5-14-10(18)2)12(19)15-7-11-8-20-13(16-11)17(3)4/h5-6,8-9H,7H2,1-4H3,(H,15,19). The third-order valence-corrected chi connectivity index (χ3v) is 4.08. The minimum Gasteiger partial charge on any atom is -0.354 e. The molecule has 0 bridgehead atoms. The van der Waals surface area contributed by atoms with Crippen molar-refractivity contribution in [2.45, 2.75) is 26.4 Å². The Kier molecular flexibility index (Phi) is 4.39. The maximum Gasteiger partial charge on any atom is 0.243 e. The molecular formula is C13H19N5OS. The Labute approximate surface area is 122 Å². The quantitative estimate of drug-likeness (QED) is 0.909. The summed E-state index contributed by atoms with van der Waals surface area (Å²) in [5, 5.41) is 5.80. The second kappa shape index (κ2) is 6.04. The normalized spacial score (nSPS) is 12.2. The molecule has 0 fully saturated rings. The summed E-state index contributed by atoms with van der Waals surface area (Å²) >= 11 is 1.57. The van der Waals surface area contributed by atoms with Crippen LogP contribution in [0.15, 0.2) is 17.8 Å². The summed E-state index contributed by atoms with van der Waals surface area (Å²) in [4.78, 5) is 22.6. The summed E-state index contributed by atoms with van der Waals surface area (Å²) in [5.74, 6) is 0.793. The first-order chi connectivity index (χ1) is 9.49. The molecule has 0 aliphatic rings. The lowest BCUT2D eigenvalue weighted by Gasteiger charge is -2.14. The number of carbonyl (C=O) groups excluding carboxylic acids is 1. The van der Waals surface area contributed by atoms with Crippen molar-refractivity contribution < 1.29 is 4.79 Å². The first kappa shape index (κ1) is 14.5. The Hall–Kier alpha value is -1.89. The van der Waals surface area contributed by atoms with Crippen molar-refractivity contribution >= 4 is 22.4 Å². The van der Waals surface area contributed by atoms with Crippen molar-refractivity contribution in [3.63, 3.8) is 0 Å². The average Bonchev–Trinajstić information content (AvgIpc) is 3.03. The molecule has 2 aromatic heterocycles. The molecule has 2 aromatic rings. The lowest BCUT2D eigenvalue weighted by molar-refractivity contribution is -0.124. The Morgan fingerprint density at radius 2 is 2.30 bits per heavy atom. The minimum absolute atomic E-state index is 0.0366. The number of aryl methyl sites for hydroxylation is 1. The molecule has 0 aliphatic carbocycles. The van der Waals surface area contributed by atoms with Gasteiger partial charge in [-0.2, -0.15) is 0 Å². The van der Waals surface area contributed by atoms with E-state index in [1.807, 2.05) is 49.0 Å². The molecule has 0 spiro atoms. The minimum atomic E-state index is -0.274. The number of nitrogens with zero attached hydrogens (tertiary/aromatic N) is 4. The van der Waals surface area contributed by atoms with Gasteiger partial charge in [0.1, 0.15) is 11.9 Å². The van der Waals surface area contributed by atoms with Crippen LogP contribution in [0.5, 0.6) is 0 Å². The molecule has 1 unspecified atom stereocenters. The number of imidazole rings is 1. The van der Waals surface area contributed by atoms with E-state index in [-0.39, 0.29) is 11.9 Å². The Balaban J connectivity index is 1.93. The van der Waals surface area contributed by atoms with Crippen LogP contribution in [0, 0.1) is 6.92 Å². The van der Waals surface area contributed by atoms with Gasteiger partial charge in [0, 0.05) is 31.9 Å². The molecule has 0 saturated carbocycles. The molecular weight excluding hydrogens is 274 g/mol. The van der Waals surface area contributed by atoms with Gasteiger partial charge in [-0.25, -0.2) is 9.97 Å². The second-order valence-corrected chi connectivity index (χ2v) is 5.63. The number of carbonyl (C=O) groups is 1. The van der Waals surface area contributed by atoms with E-state index < -0.39 is 0 Å². The third kappa shape index (κ3) is 3.16. The molecule has 2 rings (SSSR count). The Morgan fingerprint density at radius 1 is 1.55 bits per heavy atom. The highest BCUT2D eigenvalue weighted by Crippen LogP contribution is 2.18. The molecule has 108 valence electrons. The molecule has 6 nitrogen and oxygen atoms in total. The first-order valence-electron chi connectivity index (χ1n) is 6.38. The van der Waals surface area contributed by atoms with Crippen LogP contribution in [0.2, 0.25) is 0 Å². The first-order valence-corrected chi connectivity index (χ1v) is 7.26. The monoisotopic (exact) mass is 293 g/mol. The summed E-state index contributed by atoms with van der Waals surface area (Å²) in [5.41, 5.74) is 0.876. The van der Waals surface area contributed by atoms with Gasteiger partial charge in [-0.3, -0.25) is 4.79 Å². The predicted molar refractivity (Wildman–Crippen MR) is 80.0 cm³/mol. The zero-order valence-electron chi connectivity index (χ0n) is 12.1.